The summed E-state index contributed by atoms with van der Waals surface area (Å²) in [5.41, 5.74) is 0.958. The third-order valence-corrected chi connectivity index (χ3v) is 6.93. The van der Waals surface area contributed by atoms with Crippen molar-refractivity contribution in [3.8, 4) is 0 Å². The topological polar surface area (TPSA) is 78.5 Å². The first-order chi connectivity index (χ1) is 13.0. The monoisotopic (exact) mass is 390 g/mol. The summed E-state index contributed by atoms with van der Waals surface area (Å²) in [6.07, 6.45) is 1.55. The fourth-order valence-corrected chi connectivity index (χ4v) is 4.98. The van der Waals surface area contributed by atoms with Crippen LogP contribution >= 0.6 is 11.3 Å². The summed E-state index contributed by atoms with van der Waals surface area (Å²) in [5.74, 6) is 0.824. The summed E-state index contributed by atoms with van der Waals surface area (Å²) >= 11 is 1.57. The van der Waals surface area contributed by atoms with Gasteiger partial charge in [0.05, 0.1) is 11.4 Å². The quantitative estimate of drug-likeness (QED) is 0.867. The van der Waals surface area contributed by atoms with Crippen molar-refractivity contribution in [3.63, 3.8) is 0 Å². The van der Waals surface area contributed by atoms with E-state index >= 15 is 0 Å². The highest BCUT2D eigenvalue weighted by Crippen LogP contribution is 2.27. The lowest BCUT2D eigenvalue weighted by Gasteiger charge is -2.38. The summed E-state index contributed by atoms with van der Waals surface area (Å²) in [6, 6.07) is 0.00444. The lowest BCUT2D eigenvalue weighted by atomic mass is 10.1. The van der Waals surface area contributed by atoms with Crippen LogP contribution in [0.25, 0.3) is 10.2 Å². The summed E-state index contributed by atoms with van der Waals surface area (Å²) < 4.78 is 5.52. The maximum Gasteiger partial charge on any atom is 0.259 e. The molecule has 4 rings (SSSR count). The minimum atomic E-state index is -0.250. The van der Waals surface area contributed by atoms with Gasteiger partial charge in [-0.3, -0.25) is 14.5 Å². The fraction of sp³-hybridized carbons (Fsp3) is 0.632. The highest BCUT2D eigenvalue weighted by molar-refractivity contribution is 7.18. The van der Waals surface area contributed by atoms with E-state index in [0.717, 1.165) is 41.2 Å². The van der Waals surface area contributed by atoms with Gasteiger partial charge >= 0.3 is 0 Å². The van der Waals surface area contributed by atoms with Crippen LogP contribution in [0.1, 0.15) is 42.1 Å². The van der Waals surface area contributed by atoms with E-state index in [4.69, 9.17) is 9.72 Å². The van der Waals surface area contributed by atoms with Gasteiger partial charge in [0.1, 0.15) is 16.8 Å². The summed E-state index contributed by atoms with van der Waals surface area (Å²) in [4.78, 5) is 38.9. The standard InChI is InChI=1S/C19H26N4O3S/c1-11-13(3)27-18-15(11)17(24)20-16(21-18)12(2)22-6-8-23(9-7-22)19(25)14-5-4-10-26-14/h12,14H,4-10H2,1-3H3,(H,20,21,24)/t12-,14+/m0/s1. The molecule has 1 amide bonds. The molecule has 0 radical (unpaired) electrons. The van der Waals surface area contributed by atoms with E-state index < -0.39 is 0 Å². The van der Waals surface area contributed by atoms with Crippen LogP contribution < -0.4 is 5.56 Å². The number of nitrogens with zero attached hydrogens (tertiary/aromatic N) is 3. The molecule has 2 atom stereocenters. The van der Waals surface area contributed by atoms with Gasteiger partial charge in [-0.2, -0.15) is 0 Å². The van der Waals surface area contributed by atoms with Gasteiger partial charge in [0.2, 0.25) is 0 Å². The van der Waals surface area contributed by atoms with Gasteiger partial charge in [0.25, 0.3) is 11.5 Å². The first-order valence-corrected chi connectivity index (χ1v) is 10.4. The molecule has 0 bridgehead atoms. The Labute approximate surface area is 162 Å². The van der Waals surface area contributed by atoms with Crippen molar-refractivity contribution in [2.24, 2.45) is 0 Å². The third kappa shape index (κ3) is 3.41. The molecule has 2 aliphatic heterocycles. The third-order valence-electron chi connectivity index (χ3n) is 5.83. The zero-order chi connectivity index (χ0) is 19.1. The van der Waals surface area contributed by atoms with Crippen LogP contribution in [0.15, 0.2) is 4.79 Å². The Morgan fingerprint density at radius 2 is 2.04 bits per heavy atom. The number of piperazine rings is 1. The summed E-state index contributed by atoms with van der Waals surface area (Å²) in [6.45, 7) is 9.66. The van der Waals surface area contributed by atoms with Crippen molar-refractivity contribution in [3.05, 3.63) is 26.6 Å². The lowest BCUT2D eigenvalue weighted by molar-refractivity contribution is -0.143. The Bertz CT molecular complexity index is 908. The van der Waals surface area contributed by atoms with Gasteiger partial charge in [0, 0.05) is 37.7 Å². The number of ether oxygens (including phenoxy) is 1. The maximum absolute atomic E-state index is 12.5. The van der Waals surface area contributed by atoms with Crippen molar-refractivity contribution in [1.82, 2.24) is 19.8 Å². The van der Waals surface area contributed by atoms with Gasteiger partial charge in [-0.25, -0.2) is 4.98 Å². The molecule has 0 unspecified atom stereocenters. The van der Waals surface area contributed by atoms with Gasteiger partial charge in [0.15, 0.2) is 0 Å². The van der Waals surface area contributed by atoms with Crippen LogP contribution in [-0.2, 0) is 9.53 Å². The molecule has 27 heavy (non-hydrogen) atoms. The molecule has 2 aliphatic rings. The van der Waals surface area contributed by atoms with E-state index in [0.29, 0.717) is 30.9 Å². The number of aromatic nitrogens is 2. The summed E-state index contributed by atoms with van der Waals surface area (Å²) in [5, 5.41) is 0.709. The predicted molar refractivity (Wildman–Crippen MR) is 105 cm³/mol. The number of carbonyl (C=O) groups is 1. The molecule has 0 aliphatic carbocycles. The molecule has 8 heteroatoms. The molecule has 2 fully saturated rings. The number of carbonyl (C=O) groups excluding carboxylic acids is 1. The second-order valence-corrected chi connectivity index (χ2v) is 8.66. The van der Waals surface area contributed by atoms with Gasteiger partial charge < -0.3 is 14.6 Å². The van der Waals surface area contributed by atoms with E-state index in [2.05, 4.69) is 16.8 Å². The van der Waals surface area contributed by atoms with E-state index in [1.807, 2.05) is 18.7 Å². The molecule has 0 aromatic carbocycles. The molecular weight excluding hydrogens is 364 g/mol. The van der Waals surface area contributed by atoms with Crippen molar-refractivity contribution in [2.75, 3.05) is 32.8 Å². The molecule has 4 heterocycles. The van der Waals surface area contributed by atoms with Crippen molar-refractivity contribution >= 4 is 27.5 Å². The molecule has 146 valence electrons. The molecular formula is C19H26N4O3S. The van der Waals surface area contributed by atoms with Crippen LogP contribution in [0.5, 0.6) is 0 Å². The minimum absolute atomic E-state index is 0.00444. The molecule has 2 saturated heterocycles. The number of hydrogen-bond acceptors (Lipinski definition) is 6. The smallest absolute Gasteiger partial charge is 0.259 e. The van der Waals surface area contributed by atoms with Crippen molar-refractivity contribution < 1.29 is 9.53 Å². The average molecular weight is 391 g/mol. The Morgan fingerprint density at radius 3 is 2.70 bits per heavy atom. The normalized spacial score (nSPS) is 22.5. The zero-order valence-corrected chi connectivity index (χ0v) is 16.9. The van der Waals surface area contributed by atoms with E-state index in [1.54, 1.807) is 11.3 Å². The van der Waals surface area contributed by atoms with Crippen molar-refractivity contribution in [1.29, 1.82) is 0 Å². The Kier molecular flexibility index (Phi) is 5.05. The number of amides is 1. The molecule has 7 nitrogen and oxygen atoms in total. The molecule has 2 aromatic rings. The number of rotatable bonds is 3. The molecule has 1 N–H and O–H groups in total. The van der Waals surface area contributed by atoms with Crippen LogP contribution in [-0.4, -0.2) is 64.6 Å². The molecule has 2 aromatic heterocycles. The number of fused-ring (bicyclic) bond motifs is 1. The fourth-order valence-electron chi connectivity index (χ4n) is 3.95. The van der Waals surface area contributed by atoms with Crippen LogP contribution in [0.4, 0.5) is 0 Å². The SMILES string of the molecule is Cc1sc2nc([C@H](C)N3CCN(C(=O)[C@H]4CCCO4)CC3)[nH]c(=O)c2c1C. The van der Waals surface area contributed by atoms with E-state index in [1.165, 1.54) is 0 Å². The highest BCUT2D eigenvalue weighted by atomic mass is 32.1. The number of hydrogen-bond donors (Lipinski definition) is 1. The lowest BCUT2D eigenvalue weighted by Crippen LogP contribution is -2.52. The minimum Gasteiger partial charge on any atom is -0.368 e. The Balaban J connectivity index is 1.46. The number of aryl methyl sites for hydroxylation is 2. The maximum atomic E-state index is 12.5. The van der Waals surface area contributed by atoms with Gasteiger partial charge in [-0.05, 0) is 39.2 Å². The second kappa shape index (κ2) is 7.33. The van der Waals surface area contributed by atoms with Gasteiger partial charge in [-0.15, -0.1) is 11.3 Å². The number of H-pyrrole nitrogens is 1. The Morgan fingerprint density at radius 1 is 1.30 bits per heavy atom. The van der Waals surface area contributed by atoms with Crippen LogP contribution in [0.2, 0.25) is 0 Å². The first kappa shape index (κ1) is 18.6. The largest absolute Gasteiger partial charge is 0.368 e. The Hall–Kier alpha value is -1.77. The van der Waals surface area contributed by atoms with Gasteiger partial charge in [-0.1, -0.05) is 0 Å². The van der Waals surface area contributed by atoms with Crippen molar-refractivity contribution in [2.45, 2.75) is 45.8 Å². The first-order valence-electron chi connectivity index (χ1n) is 9.60. The highest BCUT2D eigenvalue weighted by Gasteiger charge is 2.32. The van der Waals surface area contributed by atoms with E-state index in [-0.39, 0.29) is 23.6 Å². The van der Waals surface area contributed by atoms with Crippen LogP contribution in [0.3, 0.4) is 0 Å². The molecule has 0 saturated carbocycles. The number of nitrogens with one attached hydrogen (secondary N) is 1. The number of thiophene rings is 1. The van der Waals surface area contributed by atoms with E-state index in [9.17, 15) is 9.59 Å². The predicted octanol–water partition coefficient (Wildman–Crippen LogP) is 1.99. The zero-order valence-electron chi connectivity index (χ0n) is 16.1. The second-order valence-electron chi connectivity index (χ2n) is 7.45. The number of aromatic amines is 1. The van der Waals surface area contributed by atoms with Crippen LogP contribution in [0, 0.1) is 13.8 Å². The molecule has 0 spiro atoms. The average Bonchev–Trinajstić information content (AvgIpc) is 3.29. The summed E-state index contributed by atoms with van der Waals surface area (Å²) in [7, 11) is 0.